The highest BCUT2D eigenvalue weighted by molar-refractivity contribution is 7.80. The van der Waals surface area contributed by atoms with Gasteiger partial charge in [-0.1, -0.05) is 18.6 Å². The minimum atomic E-state index is 0.283. The second-order valence-electron chi connectivity index (χ2n) is 4.28. The van der Waals surface area contributed by atoms with E-state index in [1.807, 2.05) is 0 Å². The molecule has 0 bridgehead atoms. The standard InChI is InChI=1S/C11H16N4S/c1-7(8-3-2-4-8)15-10-6-13-9(5-14-10)11(12)16/h5-8H,2-4H2,1H3,(H2,12,16)(H,14,15). The molecular weight excluding hydrogens is 220 g/mol. The van der Waals surface area contributed by atoms with Crippen LogP contribution in [0.25, 0.3) is 0 Å². The molecule has 1 heterocycles. The fourth-order valence-electron chi connectivity index (χ4n) is 1.82. The summed E-state index contributed by atoms with van der Waals surface area (Å²) in [6, 6.07) is 0.457. The van der Waals surface area contributed by atoms with Crippen molar-refractivity contribution in [3.05, 3.63) is 18.1 Å². The third-order valence-electron chi connectivity index (χ3n) is 3.14. The second-order valence-corrected chi connectivity index (χ2v) is 4.71. The summed E-state index contributed by atoms with van der Waals surface area (Å²) in [5.41, 5.74) is 6.02. The van der Waals surface area contributed by atoms with E-state index in [-0.39, 0.29) is 4.99 Å². The molecule has 1 fully saturated rings. The lowest BCUT2D eigenvalue weighted by Gasteiger charge is -2.32. The highest BCUT2D eigenvalue weighted by Crippen LogP contribution is 2.30. The molecule has 3 N–H and O–H groups in total. The number of hydrogen-bond donors (Lipinski definition) is 2. The smallest absolute Gasteiger partial charge is 0.144 e. The summed E-state index contributed by atoms with van der Waals surface area (Å²) in [4.78, 5) is 8.67. The van der Waals surface area contributed by atoms with E-state index < -0.39 is 0 Å². The zero-order chi connectivity index (χ0) is 11.5. The summed E-state index contributed by atoms with van der Waals surface area (Å²) < 4.78 is 0. The van der Waals surface area contributed by atoms with Crippen LogP contribution in [0.3, 0.4) is 0 Å². The van der Waals surface area contributed by atoms with E-state index in [2.05, 4.69) is 22.2 Å². The van der Waals surface area contributed by atoms with Crippen molar-refractivity contribution in [1.29, 1.82) is 0 Å². The molecule has 86 valence electrons. The number of nitrogens with one attached hydrogen (secondary N) is 1. The van der Waals surface area contributed by atoms with Crippen LogP contribution in [-0.4, -0.2) is 21.0 Å². The molecule has 0 saturated heterocycles. The molecule has 16 heavy (non-hydrogen) atoms. The lowest BCUT2D eigenvalue weighted by molar-refractivity contribution is 0.285. The number of aromatic nitrogens is 2. The molecule has 0 amide bonds. The van der Waals surface area contributed by atoms with Crippen LogP contribution in [0.4, 0.5) is 5.82 Å². The molecule has 0 radical (unpaired) electrons. The quantitative estimate of drug-likeness (QED) is 0.779. The van der Waals surface area contributed by atoms with Crippen molar-refractivity contribution in [2.75, 3.05) is 5.32 Å². The van der Waals surface area contributed by atoms with Crippen LogP contribution in [0, 0.1) is 5.92 Å². The van der Waals surface area contributed by atoms with Crippen molar-refractivity contribution in [2.45, 2.75) is 32.2 Å². The molecule has 0 aliphatic heterocycles. The first-order valence-corrected chi connectivity index (χ1v) is 5.96. The molecule has 5 heteroatoms. The number of nitrogens with zero attached hydrogens (tertiary/aromatic N) is 2. The van der Waals surface area contributed by atoms with Gasteiger partial charge in [0, 0.05) is 6.04 Å². The minimum Gasteiger partial charge on any atom is -0.388 e. The van der Waals surface area contributed by atoms with Crippen LogP contribution >= 0.6 is 12.2 Å². The van der Waals surface area contributed by atoms with E-state index in [1.165, 1.54) is 19.3 Å². The molecule has 0 aromatic carbocycles. The maximum absolute atomic E-state index is 5.45. The van der Waals surface area contributed by atoms with Gasteiger partial charge in [0.25, 0.3) is 0 Å². The number of rotatable bonds is 4. The predicted molar refractivity (Wildman–Crippen MR) is 68.3 cm³/mol. The van der Waals surface area contributed by atoms with Gasteiger partial charge in [-0.3, -0.25) is 0 Å². The molecule has 4 nitrogen and oxygen atoms in total. The number of thiocarbonyl (C=S) groups is 1. The van der Waals surface area contributed by atoms with Gasteiger partial charge in [0.15, 0.2) is 0 Å². The fourth-order valence-corrected chi connectivity index (χ4v) is 1.93. The van der Waals surface area contributed by atoms with E-state index in [0.717, 1.165) is 11.7 Å². The Morgan fingerprint density at radius 2 is 2.25 bits per heavy atom. The molecule has 1 aliphatic carbocycles. The van der Waals surface area contributed by atoms with Crippen molar-refractivity contribution in [2.24, 2.45) is 11.7 Å². The molecule has 1 saturated carbocycles. The Kier molecular flexibility index (Phi) is 3.33. The van der Waals surface area contributed by atoms with Crippen molar-refractivity contribution in [3.8, 4) is 0 Å². The Labute approximate surface area is 101 Å². The van der Waals surface area contributed by atoms with Crippen LogP contribution in [-0.2, 0) is 0 Å². The Balaban J connectivity index is 1.96. The molecule has 1 aromatic heterocycles. The third kappa shape index (κ3) is 2.47. The maximum atomic E-state index is 5.45. The number of anilines is 1. The first-order valence-electron chi connectivity index (χ1n) is 5.55. The van der Waals surface area contributed by atoms with Gasteiger partial charge >= 0.3 is 0 Å². The first kappa shape index (κ1) is 11.3. The third-order valence-corrected chi connectivity index (χ3v) is 3.35. The summed E-state index contributed by atoms with van der Waals surface area (Å²) in [7, 11) is 0. The van der Waals surface area contributed by atoms with Gasteiger partial charge in [0.05, 0.1) is 12.4 Å². The summed E-state index contributed by atoms with van der Waals surface area (Å²) in [6.45, 7) is 2.19. The Morgan fingerprint density at radius 1 is 1.50 bits per heavy atom. The van der Waals surface area contributed by atoms with Crippen molar-refractivity contribution < 1.29 is 0 Å². The van der Waals surface area contributed by atoms with Crippen molar-refractivity contribution >= 4 is 23.0 Å². The van der Waals surface area contributed by atoms with E-state index in [1.54, 1.807) is 12.4 Å². The van der Waals surface area contributed by atoms with Gasteiger partial charge in [-0.2, -0.15) is 0 Å². The molecule has 1 aliphatic rings. The Morgan fingerprint density at radius 3 is 2.69 bits per heavy atom. The largest absolute Gasteiger partial charge is 0.388 e. The molecule has 0 spiro atoms. The zero-order valence-electron chi connectivity index (χ0n) is 9.31. The van der Waals surface area contributed by atoms with Crippen LogP contribution in [0.5, 0.6) is 0 Å². The second kappa shape index (κ2) is 4.74. The van der Waals surface area contributed by atoms with Crippen molar-refractivity contribution in [1.82, 2.24) is 9.97 Å². The summed E-state index contributed by atoms with van der Waals surface area (Å²) >= 11 is 4.82. The average molecular weight is 236 g/mol. The van der Waals surface area contributed by atoms with Gasteiger partial charge in [0.1, 0.15) is 16.5 Å². The Bertz CT molecular complexity index is 372. The molecular formula is C11H16N4S. The SMILES string of the molecule is CC(Nc1cnc(C(N)=S)cn1)C1CCC1. The lowest BCUT2D eigenvalue weighted by atomic mass is 9.80. The van der Waals surface area contributed by atoms with Gasteiger partial charge in [-0.25, -0.2) is 9.97 Å². The normalized spacial score (nSPS) is 17.6. The zero-order valence-corrected chi connectivity index (χ0v) is 10.1. The molecule has 1 unspecified atom stereocenters. The average Bonchev–Trinajstić information content (AvgIpc) is 2.15. The lowest BCUT2D eigenvalue weighted by Crippen LogP contribution is -2.31. The van der Waals surface area contributed by atoms with E-state index >= 15 is 0 Å². The van der Waals surface area contributed by atoms with Crippen LogP contribution < -0.4 is 11.1 Å². The fraction of sp³-hybridized carbons (Fsp3) is 0.545. The van der Waals surface area contributed by atoms with Crippen LogP contribution in [0.15, 0.2) is 12.4 Å². The van der Waals surface area contributed by atoms with E-state index in [0.29, 0.717) is 11.7 Å². The topological polar surface area (TPSA) is 63.8 Å². The first-order chi connectivity index (χ1) is 7.66. The highest BCUT2D eigenvalue weighted by atomic mass is 32.1. The van der Waals surface area contributed by atoms with Gasteiger partial charge in [-0.05, 0) is 25.7 Å². The molecule has 1 aromatic rings. The van der Waals surface area contributed by atoms with Gasteiger partial charge < -0.3 is 11.1 Å². The highest BCUT2D eigenvalue weighted by Gasteiger charge is 2.23. The molecule has 1 atom stereocenters. The van der Waals surface area contributed by atoms with Crippen LogP contribution in [0.2, 0.25) is 0 Å². The van der Waals surface area contributed by atoms with Crippen LogP contribution in [0.1, 0.15) is 31.9 Å². The van der Waals surface area contributed by atoms with Crippen molar-refractivity contribution in [3.63, 3.8) is 0 Å². The Hall–Kier alpha value is -1.23. The predicted octanol–water partition coefficient (Wildman–Crippen LogP) is 1.71. The molecule has 2 rings (SSSR count). The van der Waals surface area contributed by atoms with E-state index in [4.69, 9.17) is 18.0 Å². The monoisotopic (exact) mass is 236 g/mol. The summed E-state index contributed by atoms with van der Waals surface area (Å²) in [5, 5.41) is 3.35. The summed E-state index contributed by atoms with van der Waals surface area (Å²) in [5.74, 6) is 1.57. The minimum absolute atomic E-state index is 0.283. The van der Waals surface area contributed by atoms with Gasteiger partial charge in [0.2, 0.25) is 0 Å². The van der Waals surface area contributed by atoms with E-state index in [9.17, 15) is 0 Å². The number of hydrogen-bond acceptors (Lipinski definition) is 4. The summed E-state index contributed by atoms with van der Waals surface area (Å²) in [6.07, 6.45) is 7.27. The number of nitrogens with two attached hydrogens (primary N) is 1. The van der Waals surface area contributed by atoms with Gasteiger partial charge in [-0.15, -0.1) is 0 Å². The maximum Gasteiger partial charge on any atom is 0.144 e.